The van der Waals surface area contributed by atoms with E-state index in [1.165, 1.54) is 21.2 Å². The fraction of sp³-hybridized carbons (Fsp3) is 0.238. The van der Waals surface area contributed by atoms with Gasteiger partial charge >= 0.3 is 0 Å². The smallest absolute Gasteiger partial charge is 0.264 e. The van der Waals surface area contributed by atoms with E-state index in [9.17, 15) is 25.9 Å². The molecular formula is C42H46N2O6P2S2+2. The Balaban J connectivity index is 1.54. The van der Waals surface area contributed by atoms with E-state index < -0.39 is 34.8 Å². The quantitative estimate of drug-likeness (QED) is 0.0526. The van der Waals surface area contributed by atoms with Crippen LogP contribution in [0.2, 0.25) is 0 Å². The highest BCUT2D eigenvalue weighted by molar-refractivity contribution is 7.89. The summed E-state index contributed by atoms with van der Waals surface area (Å²) in [5, 5.41) is 4.73. The molecule has 6 aromatic rings. The highest BCUT2D eigenvalue weighted by atomic mass is 32.2. The van der Waals surface area contributed by atoms with Crippen LogP contribution in [0.25, 0.3) is 11.0 Å². The van der Waals surface area contributed by atoms with Gasteiger partial charge in [0.1, 0.15) is 23.7 Å². The number of rotatable bonds is 18. The van der Waals surface area contributed by atoms with Crippen LogP contribution in [-0.4, -0.2) is 59.7 Å². The summed E-state index contributed by atoms with van der Waals surface area (Å²) in [6.45, 7) is 0. The van der Waals surface area contributed by atoms with Crippen molar-refractivity contribution < 1.29 is 25.9 Å². The predicted octanol–water partition coefficient (Wildman–Crippen LogP) is 7.30. The van der Waals surface area contributed by atoms with Gasteiger partial charge in [0.15, 0.2) is 0 Å². The second kappa shape index (κ2) is 17.7. The molecule has 8 nitrogen and oxygen atoms in total. The van der Waals surface area contributed by atoms with E-state index in [0.29, 0.717) is 50.3 Å². The van der Waals surface area contributed by atoms with E-state index in [1.54, 1.807) is 0 Å². The molecule has 0 saturated carbocycles. The van der Waals surface area contributed by atoms with Crippen LogP contribution in [0, 0.1) is 0 Å². The lowest BCUT2D eigenvalue weighted by Gasteiger charge is -2.30. The third-order valence-corrected chi connectivity index (χ3v) is 20.5. The Morgan fingerprint density at radius 3 is 0.963 bits per heavy atom. The standard InChI is InChI=1S/C42H44N2O6P2S2/c45-53(46,47)31-17-15-29-51(35-19-5-1-6-20-35,36-21-7-2-8-22-36)33-41-42(44-40-28-14-13-27-39(40)43-41)34-52(37-23-9-3-10-24-37,38-25-11-4-12-26-38)30-16-18-32-54(48,49)50/h1-14,19-28H,15-18,29-34H2/p+2. The Kier molecular flexibility index (Phi) is 13.1. The van der Waals surface area contributed by atoms with Gasteiger partial charge in [0, 0.05) is 0 Å². The van der Waals surface area contributed by atoms with Gasteiger partial charge in [-0.15, -0.1) is 0 Å². The van der Waals surface area contributed by atoms with Crippen LogP contribution >= 0.6 is 14.5 Å². The number of benzene rings is 5. The first-order valence-electron chi connectivity index (χ1n) is 18.1. The summed E-state index contributed by atoms with van der Waals surface area (Å²) in [6, 6.07) is 49.6. The fourth-order valence-electron chi connectivity index (χ4n) is 7.36. The molecule has 0 amide bonds. The van der Waals surface area contributed by atoms with Crippen LogP contribution in [-0.2, 0) is 32.6 Å². The summed E-state index contributed by atoms with van der Waals surface area (Å²) in [5.74, 6) is -0.591. The van der Waals surface area contributed by atoms with Crippen molar-refractivity contribution in [2.24, 2.45) is 0 Å². The van der Waals surface area contributed by atoms with E-state index >= 15 is 0 Å². The average molecular weight is 801 g/mol. The molecule has 6 rings (SSSR count). The average Bonchev–Trinajstić information content (AvgIpc) is 3.18. The van der Waals surface area contributed by atoms with Crippen LogP contribution in [0.3, 0.4) is 0 Å². The van der Waals surface area contributed by atoms with E-state index in [4.69, 9.17) is 9.97 Å². The van der Waals surface area contributed by atoms with Gasteiger partial charge < -0.3 is 0 Å². The van der Waals surface area contributed by atoms with Crippen molar-refractivity contribution >= 4 is 67.0 Å². The van der Waals surface area contributed by atoms with Gasteiger partial charge in [0.25, 0.3) is 20.2 Å². The molecule has 0 bridgehead atoms. The summed E-state index contributed by atoms with van der Waals surface area (Å²) in [4.78, 5) is 10.8. The monoisotopic (exact) mass is 800 g/mol. The summed E-state index contributed by atoms with van der Waals surface area (Å²) >= 11 is 0. The first-order valence-corrected chi connectivity index (χ1v) is 25.6. The first kappa shape index (κ1) is 39.8. The van der Waals surface area contributed by atoms with Crippen molar-refractivity contribution in [2.75, 3.05) is 23.8 Å². The third kappa shape index (κ3) is 10.0. The molecule has 0 aliphatic rings. The zero-order chi connectivity index (χ0) is 38.1. The SMILES string of the molecule is O=S(=O)(O)CCCC[P+](Cc1nc2ccccc2nc1C[P+](CCCCS(=O)(=O)O)(c1ccccc1)c1ccccc1)(c1ccccc1)c1ccccc1. The maximum absolute atomic E-state index is 11.8. The van der Waals surface area contributed by atoms with Crippen molar-refractivity contribution in [3.05, 3.63) is 157 Å². The number of nitrogens with zero attached hydrogens (tertiary/aromatic N) is 2. The van der Waals surface area contributed by atoms with E-state index in [-0.39, 0.29) is 11.5 Å². The Bertz CT molecular complexity index is 2110. The molecule has 0 aliphatic heterocycles. The van der Waals surface area contributed by atoms with Crippen LogP contribution < -0.4 is 21.2 Å². The number of hydrogen-bond donors (Lipinski definition) is 2. The molecule has 12 heteroatoms. The second-order valence-corrected chi connectivity index (χ2v) is 24.2. The van der Waals surface area contributed by atoms with Crippen molar-refractivity contribution in [1.29, 1.82) is 0 Å². The van der Waals surface area contributed by atoms with Gasteiger partial charge in [-0.3, -0.25) is 9.11 Å². The third-order valence-electron chi connectivity index (χ3n) is 9.95. The molecule has 0 saturated heterocycles. The molecule has 0 atom stereocenters. The number of hydrogen-bond acceptors (Lipinski definition) is 6. The topological polar surface area (TPSA) is 135 Å². The maximum Gasteiger partial charge on any atom is 0.264 e. The molecule has 0 fully saturated rings. The fourth-order valence-corrected chi connectivity index (χ4v) is 17.2. The molecule has 1 aromatic heterocycles. The lowest BCUT2D eigenvalue weighted by Crippen LogP contribution is -2.29. The normalized spacial score (nSPS) is 12.6. The molecule has 0 radical (unpaired) electrons. The molecule has 0 unspecified atom stereocenters. The molecule has 54 heavy (non-hydrogen) atoms. The largest absolute Gasteiger partial charge is 0.286 e. The lowest BCUT2D eigenvalue weighted by molar-refractivity contribution is 0.478. The highest BCUT2D eigenvalue weighted by Gasteiger charge is 2.47. The van der Waals surface area contributed by atoms with Crippen LogP contribution in [0.4, 0.5) is 0 Å². The lowest BCUT2D eigenvalue weighted by atomic mass is 10.2. The van der Waals surface area contributed by atoms with Gasteiger partial charge in [0.2, 0.25) is 0 Å². The second-order valence-electron chi connectivity index (χ2n) is 13.6. The molecule has 0 aliphatic carbocycles. The summed E-state index contributed by atoms with van der Waals surface area (Å²) < 4.78 is 66.3. The Morgan fingerprint density at radius 2 is 0.685 bits per heavy atom. The predicted molar refractivity (Wildman–Crippen MR) is 226 cm³/mol. The van der Waals surface area contributed by atoms with Crippen molar-refractivity contribution in [2.45, 2.75) is 38.0 Å². The molecule has 280 valence electrons. The van der Waals surface area contributed by atoms with Gasteiger partial charge in [0.05, 0.1) is 70.6 Å². The van der Waals surface area contributed by atoms with Gasteiger partial charge in [-0.2, -0.15) is 16.8 Å². The van der Waals surface area contributed by atoms with Gasteiger partial charge in [-0.25, -0.2) is 9.97 Å². The molecule has 1 heterocycles. The molecule has 0 spiro atoms. The summed E-state index contributed by atoms with van der Waals surface area (Å²) in [6.07, 6.45) is 4.43. The van der Waals surface area contributed by atoms with E-state index in [1.807, 2.05) is 97.1 Å². The number of para-hydroxylation sites is 2. The minimum absolute atomic E-state index is 0.295. The minimum Gasteiger partial charge on any atom is -0.286 e. The van der Waals surface area contributed by atoms with Gasteiger partial charge in [-0.1, -0.05) is 84.9 Å². The van der Waals surface area contributed by atoms with E-state index in [0.717, 1.165) is 22.4 Å². The van der Waals surface area contributed by atoms with Crippen LogP contribution in [0.1, 0.15) is 37.1 Å². The summed E-state index contributed by atoms with van der Waals surface area (Å²) in [7, 11) is -12.9. The van der Waals surface area contributed by atoms with Crippen LogP contribution in [0.15, 0.2) is 146 Å². The Labute approximate surface area is 320 Å². The number of unbranched alkanes of at least 4 members (excludes halogenated alkanes) is 2. The highest BCUT2D eigenvalue weighted by Crippen LogP contribution is 2.63. The molecule has 5 aromatic carbocycles. The summed E-state index contributed by atoms with van der Waals surface area (Å²) in [5.41, 5.74) is 3.36. The Morgan fingerprint density at radius 1 is 0.407 bits per heavy atom. The zero-order valence-corrected chi connectivity index (χ0v) is 33.5. The minimum atomic E-state index is -4.11. The maximum atomic E-state index is 11.8. The van der Waals surface area contributed by atoms with Gasteiger partial charge in [-0.05, 0) is 86.3 Å². The van der Waals surface area contributed by atoms with E-state index in [2.05, 4.69) is 48.5 Å². The number of fused-ring (bicyclic) bond motifs is 1. The molecule has 2 N–H and O–H groups in total. The van der Waals surface area contributed by atoms with Crippen molar-refractivity contribution in [3.63, 3.8) is 0 Å². The van der Waals surface area contributed by atoms with Crippen molar-refractivity contribution in [3.8, 4) is 0 Å². The molecular weight excluding hydrogens is 755 g/mol. The van der Waals surface area contributed by atoms with Crippen molar-refractivity contribution in [1.82, 2.24) is 9.97 Å². The van der Waals surface area contributed by atoms with Crippen LogP contribution in [0.5, 0.6) is 0 Å². The number of aromatic nitrogens is 2. The zero-order valence-electron chi connectivity index (χ0n) is 30.1. The first-order chi connectivity index (χ1) is 26.0. The Hall–Kier alpha value is -3.88.